The number of hydrogen-bond donors (Lipinski definition) is 1. The highest BCUT2D eigenvalue weighted by Crippen LogP contribution is 2.39. The van der Waals surface area contributed by atoms with Gasteiger partial charge in [-0.25, -0.2) is 4.39 Å². The highest BCUT2D eigenvalue weighted by atomic mass is 32.2. The number of benzene rings is 3. The number of ether oxygens (including phenoxy) is 2. The Bertz CT molecular complexity index is 1390. The number of carbonyl (C=O) groups excluding carboxylic acids is 1. The van der Waals surface area contributed by atoms with Gasteiger partial charge < -0.3 is 14.0 Å². The second-order valence-electron chi connectivity index (χ2n) is 11.8. The summed E-state index contributed by atoms with van der Waals surface area (Å²) in [5.41, 5.74) is 0.812. The van der Waals surface area contributed by atoms with Crippen molar-refractivity contribution in [1.29, 1.82) is 0 Å². The maximum Gasteiger partial charge on any atom is 0.461 e. The third kappa shape index (κ3) is 10.4. The van der Waals surface area contributed by atoms with Crippen LogP contribution in [0.4, 0.5) is 22.0 Å². The van der Waals surface area contributed by atoms with Gasteiger partial charge in [0.05, 0.1) is 6.61 Å². The molecule has 45 heavy (non-hydrogen) atoms. The first-order chi connectivity index (χ1) is 21.2. The van der Waals surface area contributed by atoms with Crippen LogP contribution < -0.4 is 9.46 Å². The molecule has 0 saturated heterocycles. The van der Waals surface area contributed by atoms with Crippen molar-refractivity contribution in [3.05, 3.63) is 101 Å². The fraction of sp³-hybridized carbons (Fsp3) is 0.441. The number of esters is 1. The average molecular weight is 654 g/mol. The number of alkyl halides is 4. The summed E-state index contributed by atoms with van der Waals surface area (Å²) in [5.74, 6) is -2.03. The maximum absolute atomic E-state index is 15.1. The molecule has 1 N–H and O–H groups in total. The third-order valence-corrected chi connectivity index (χ3v) is 8.72. The van der Waals surface area contributed by atoms with Crippen LogP contribution in [-0.2, 0) is 39.3 Å². The van der Waals surface area contributed by atoms with Crippen molar-refractivity contribution in [2.75, 3.05) is 6.61 Å². The van der Waals surface area contributed by atoms with Crippen molar-refractivity contribution in [3.63, 3.8) is 0 Å². The smallest absolute Gasteiger partial charge is 0.461 e. The first kappa shape index (κ1) is 36.3. The molecule has 0 spiro atoms. The van der Waals surface area contributed by atoms with E-state index < -0.39 is 45.7 Å². The molecular formula is C34H40F5NO4S. The lowest BCUT2D eigenvalue weighted by Gasteiger charge is -2.39. The predicted molar refractivity (Wildman–Crippen MR) is 165 cm³/mol. The lowest BCUT2D eigenvalue weighted by atomic mass is 9.78. The molecule has 0 saturated carbocycles. The molecule has 0 fully saturated rings. The summed E-state index contributed by atoms with van der Waals surface area (Å²) in [6, 6.07) is 19.2. The molecule has 0 aromatic heterocycles. The first-order valence-electron chi connectivity index (χ1n) is 14.8. The lowest BCUT2D eigenvalue weighted by molar-refractivity contribution is -0.253. The number of unbranched alkanes of at least 4 members (excludes halogenated alkanes) is 2. The number of rotatable bonds is 16. The van der Waals surface area contributed by atoms with Crippen molar-refractivity contribution in [2.45, 2.75) is 89.0 Å². The van der Waals surface area contributed by atoms with E-state index in [0.717, 1.165) is 36.1 Å². The monoisotopic (exact) mass is 653 g/mol. The zero-order valence-corrected chi connectivity index (χ0v) is 26.7. The molecule has 3 aromatic carbocycles. The summed E-state index contributed by atoms with van der Waals surface area (Å²) in [6.07, 6.45) is -5.74. The Labute approximate surface area is 264 Å². The summed E-state index contributed by atoms with van der Waals surface area (Å²) in [6.45, 7) is 7.33. The van der Waals surface area contributed by atoms with Crippen LogP contribution in [-0.4, -0.2) is 34.4 Å². The summed E-state index contributed by atoms with van der Waals surface area (Å²) in [5, 5.41) is 0. The van der Waals surface area contributed by atoms with E-state index in [4.69, 9.17) is 4.74 Å². The average Bonchev–Trinajstić information content (AvgIpc) is 2.96. The second-order valence-corrected chi connectivity index (χ2v) is 13.7. The van der Waals surface area contributed by atoms with E-state index >= 15 is 4.39 Å². The maximum atomic E-state index is 15.1. The topological polar surface area (TPSA) is 70.6 Å². The molecule has 0 amide bonds. The number of carbonyl (C=O) groups is 1. The molecule has 3 rings (SSSR count). The molecule has 5 nitrogen and oxygen atoms in total. The SMILES string of the molecule is CCOC(=O)CCCCCc1cccc([C@@](Cc2ccccc2)(N[S+]([O-])C(C)(C)C)c2cc(F)cc(OC(F)(F)C(F)F)c2)c1. The van der Waals surface area contributed by atoms with E-state index in [0.29, 0.717) is 37.5 Å². The highest BCUT2D eigenvalue weighted by Gasteiger charge is 2.46. The Kier molecular flexibility index (Phi) is 12.8. The minimum Gasteiger partial charge on any atom is -0.598 e. The van der Waals surface area contributed by atoms with Gasteiger partial charge in [-0.1, -0.05) is 61.0 Å². The van der Waals surface area contributed by atoms with Crippen molar-refractivity contribution in [3.8, 4) is 5.75 Å². The zero-order valence-electron chi connectivity index (χ0n) is 25.9. The van der Waals surface area contributed by atoms with Gasteiger partial charge in [0, 0.05) is 30.3 Å². The van der Waals surface area contributed by atoms with Gasteiger partial charge in [0.25, 0.3) is 0 Å². The number of hydrogen-bond acceptors (Lipinski definition) is 5. The van der Waals surface area contributed by atoms with Crippen molar-refractivity contribution in [2.24, 2.45) is 0 Å². The molecule has 0 bridgehead atoms. The van der Waals surface area contributed by atoms with Gasteiger partial charge in [-0.05, 0) is 81.3 Å². The molecule has 0 aliphatic carbocycles. The minimum atomic E-state index is -4.86. The molecule has 0 aliphatic heterocycles. The summed E-state index contributed by atoms with van der Waals surface area (Å²) >= 11 is -1.77. The normalized spacial score (nSPS) is 14.2. The molecule has 2 atom stereocenters. The number of aryl methyl sites for hydroxylation is 1. The van der Waals surface area contributed by atoms with E-state index in [1.807, 2.05) is 30.3 Å². The van der Waals surface area contributed by atoms with Crippen molar-refractivity contribution < 1.29 is 40.8 Å². The van der Waals surface area contributed by atoms with E-state index in [2.05, 4.69) is 9.46 Å². The Morgan fingerprint density at radius 3 is 2.24 bits per heavy atom. The molecular weight excluding hydrogens is 613 g/mol. The van der Waals surface area contributed by atoms with Crippen LogP contribution in [0.25, 0.3) is 0 Å². The van der Waals surface area contributed by atoms with E-state index in [9.17, 15) is 26.9 Å². The van der Waals surface area contributed by atoms with Gasteiger partial charge in [-0.2, -0.15) is 17.6 Å². The number of halogens is 5. The summed E-state index contributed by atoms with van der Waals surface area (Å²) in [4.78, 5) is 11.7. The van der Waals surface area contributed by atoms with Crippen LogP contribution in [0.5, 0.6) is 5.75 Å². The van der Waals surface area contributed by atoms with Gasteiger partial charge in [0.15, 0.2) is 0 Å². The molecule has 0 aliphatic rings. The van der Waals surface area contributed by atoms with Crippen LogP contribution in [0, 0.1) is 5.82 Å². The molecule has 246 valence electrons. The Morgan fingerprint density at radius 1 is 0.911 bits per heavy atom. The van der Waals surface area contributed by atoms with Gasteiger partial charge in [-0.15, -0.1) is 4.72 Å². The first-order valence-corrected chi connectivity index (χ1v) is 16.0. The van der Waals surface area contributed by atoms with Crippen molar-refractivity contribution >= 4 is 17.3 Å². The van der Waals surface area contributed by atoms with E-state index in [1.54, 1.807) is 52.0 Å². The fourth-order valence-corrected chi connectivity index (χ4v) is 5.74. The molecule has 3 aromatic rings. The molecule has 0 radical (unpaired) electrons. The molecule has 1 unspecified atom stereocenters. The number of nitrogens with one attached hydrogen (secondary N) is 1. The standard InChI is InChI=1S/C34H40F5NO4S/c1-5-43-30(41)18-11-7-8-13-24-16-12-17-26(19-24)33(40-45(42)32(2,3)4,23-25-14-9-6-10-15-25)27-20-28(35)22-29(21-27)44-34(38,39)31(36)37/h6,9-10,12,14-17,19-22,31,40H,5,7-8,11,13,18,23H2,1-4H3/t33-,45?/m1/s1. The largest absolute Gasteiger partial charge is 0.598 e. The van der Waals surface area contributed by atoms with Gasteiger partial charge in [0.2, 0.25) is 0 Å². The zero-order chi connectivity index (χ0) is 33.3. The van der Waals surface area contributed by atoms with Crippen LogP contribution in [0.3, 0.4) is 0 Å². The quantitative estimate of drug-likeness (QED) is 0.0730. The Hall–Kier alpha value is -3.15. The van der Waals surface area contributed by atoms with Gasteiger partial charge >= 0.3 is 18.5 Å². The molecule has 11 heteroatoms. The summed E-state index contributed by atoms with van der Waals surface area (Å²) in [7, 11) is 0. The van der Waals surface area contributed by atoms with Crippen LogP contribution in [0.2, 0.25) is 0 Å². The van der Waals surface area contributed by atoms with Crippen LogP contribution in [0.15, 0.2) is 72.8 Å². The molecule has 0 heterocycles. The second kappa shape index (κ2) is 15.9. The fourth-order valence-electron chi connectivity index (χ4n) is 4.81. The van der Waals surface area contributed by atoms with E-state index in [1.165, 1.54) is 0 Å². The third-order valence-electron chi connectivity index (χ3n) is 7.08. The Morgan fingerprint density at radius 2 is 1.60 bits per heavy atom. The van der Waals surface area contributed by atoms with Crippen molar-refractivity contribution in [1.82, 2.24) is 4.72 Å². The lowest BCUT2D eigenvalue weighted by Crippen LogP contribution is -2.53. The summed E-state index contributed by atoms with van der Waals surface area (Å²) < 4.78 is 94.5. The van der Waals surface area contributed by atoms with Gasteiger partial charge in [0.1, 0.15) is 21.9 Å². The van der Waals surface area contributed by atoms with Crippen LogP contribution >= 0.6 is 0 Å². The van der Waals surface area contributed by atoms with Crippen LogP contribution in [0.1, 0.15) is 75.6 Å². The highest BCUT2D eigenvalue weighted by molar-refractivity contribution is 7.90. The minimum absolute atomic E-state index is 0.0654. The van der Waals surface area contributed by atoms with Gasteiger partial charge in [-0.3, -0.25) is 4.79 Å². The Balaban J connectivity index is 2.12. The predicted octanol–water partition coefficient (Wildman–Crippen LogP) is 8.27. The van der Waals surface area contributed by atoms with E-state index in [-0.39, 0.29) is 18.0 Å².